The molecule has 22 heavy (non-hydrogen) atoms. The number of β-amino-alcohol motifs (C(OH)–C–C–N with tert-alkyl or cyclic N) is 1. The first-order valence-electron chi connectivity index (χ1n) is 7.59. The van der Waals surface area contributed by atoms with Crippen LogP contribution in [0.4, 0.5) is 0 Å². The number of rotatable bonds is 5. The summed E-state index contributed by atoms with van der Waals surface area (Å²) < 4.78 is 10.9. The zero-order valence-corrected chi connectivity index (χ0v) is 13.1. The topological polar surface area (TPSA) is 58.7 Å². The lowest BCUT2D eigenvalue weighted by Gasteiger charge is -2.24. The number of benzene rings is 1. The van der Waals surface area contributed by atoms with Crippen molar-refractivity contribution in [3.8, 4) is 5.75 Å². The van der Waals surface area contributed by atoms with Crippen LogP contribution in [0.2, 0.25) is 0 Å². The fraction of sp³-hybridized carbons (Fsp3) is 0.471. The molecule has 2 aromatic rings. The monoisotopic (exact) mass is 302 g/mol. The van der Waals surface area contributed by atoms with Gasteiger partial charge in [0, 0.05) is 25.7 Å². The highest BCUT2D eigenvalue weighted by molar-refractivity contribution is 5.31. The SMILES string of the molecule is Cc1cc(CN2CC[C@](O)(COc3ccccc3C)C2)no1. The van der Waals surface area contributed by atoms with Crippen molar-refractivity contribution in [1.82, 2.24) is 10.1 Å². The van der Waals surface area contributed by atoms with Crippen molar-refractivity contribution in [1.29, 1.82) is 0 Å². The maximum absolute atomic E-state index is 10.7. The molecule has 5 nitrogen and oxygen atoms in total. The Morgan fingerprint density at radius 2 is 2.18 bits per heavy atom. The first-order chi connectivity index (χ1) is 10.5. The van der Waals surface area contributed by atoms with E-state index in [-0.39, 0.29) is 0 Å². The second-order valence-electron chi connectivity index (χ2n) is 6.17. The summed E-state index contributed by atoms with van der Waals surface area (Å²) in [6.07, 6.45) is 0.704. The molecule has 118 valence electrons. The second-order valence-corrected chi connectivity index (χ2v) is 6.17. The van der Waals surface area contributed by atoms with E-state index in [1.54, 1.807) is 0 Å². The fourth-order valence-corrected chi connectivity index (χ4v) is 2.85. The van der Waals surface area contributed by atoms with Crippen LogP contribution >= 0.6 is 0 Å². The number of likely N-dealkylation sites (tertiary alicyclic amines) is 1. The summed E-state index contributed by atoms with van der Waals surface area (Å²) >= 11 is 0. The highest BCUT2D eigenvalue weighted by Gasteiger charge is 2.37. The van der Waals surface area contributed by atoms with Gasteiger partial charge in [0.05, 0.1) is 5.69 Å². The average Bonchev–Trinajstić information content (AvgIpc) is 3.05. The van der Waals surface area contributed by atoms with Crippen LogP contribution in [-0.4, -0.2) is 40.5 Å². The molecular formula is C17H22N2O3. The normalized spacial score (nSPS) is 22.1. The number of aryl methyl sites for hydroxylation is 2. The number of hydrogen-bond donors (Lipinski definition) is 1. The van der Waals surface area contributed by atoms with Gasteiger partial charge in [-0.3, -0.25) is 4.90 Å². The van der Waals surface area contributed by atoms with Crippen LogP contribution in [-0.2, 0) is 6.54 Å². The van der Waals surface area contributed by atoms with E-state index in [2.05, 4.69) is 10.1 Å². The molecule has 1 aromatic carbocycles. The van der Waals surface area contributed by atoms with Crippen LogP contribution in [0, 0.1) is 13.8 Å². The minimum Gasteiger partial charge on any atom is -0.490 e. The molecule has 0 aliphatic carbocycles. The van der Waals surface area contributed by atoms with Crippen LogP contribution < -0.4 is 4.74 Å². The van der Waals surface area contributed by atoms with Gasteiger partial charge in [-0.2, -0.15) is 0 Å². The zero-order chi connectivity index (χ0) is 15.6. The molecule has 0 bridgehead atoms. The number of ether oxygens (including phenoxy) is 1. The third kappa shape index (κ3) is 3.48. The quantitative estimate of drug-likeness (QED) is 0.918. The standard InChI is InChI=1S/C17H22N2O3/c1-13-5-3-4-6-16(13)21-12-17(20)7-8-19(11-17)10-15-9-14(2)22-18-15/h3-6,9,20H,7-8,10-12H2,1-2H3/t17-/m1/s1. The van der Waals surface area contributed by atoms with Crippen molar-refractivity contribution in [3.63, 3.8) is 0 Å². The molecule has 0 spiro atoms. The van der Waals surface area contributed by atoms with Gasteiger partial charge < -0.3 is 14.4 Å². The van der Waals surface area contributed by atoms with E-state index in [0.29, 0.717) is 26.1 Å². The third-order valence-corrected chi connectivity index (χ3v) is 4.06. The summed E-state index contributed by atoms with van der Waals surface area (Å²) in [5.74, 6) is 1.65. The Hall–Kier alpha value is -1.85. The van der Waals surface area contributed by atoms with Crippen LogP contribution in [0.5, 0.6) is 5.75 Å². The van der Waals surface area contributed by atoms with Gasteiger partial charge in [-0.25, -0.2) is 0 Å². The van der Waals surface area contributed by atoms with Gasteiger partial charge in [0.15, 0.2) is 0 Å². The maximum Gasteiger partial charge on any atom is 0.133 e. The van der Waals surface area contributed by atoms with Crippen molar-refractivity contribution in [2.24, 2.45) is 0 Å². The molecular weight excluding hydrogens is 280 g/mol. The molecule has 3 rings (SSSR count). The summed E-state index contributed by atoms with van der Waals surface area (Å²) in [6.45, 7) is 6.32. The molecule has 1 aliphatic heterocycles. The van der Waals surface area contributed by atoms with Crippen LogP contribution in [0.25, 0.3) is 0 Å². The van der Waals surface area contributed by atoms with Crippen molar-refractivity contribution in [2.45, 2.75) is 32.4 Å². The molecule has 1 N–H and O–H groups in total. The summed E-state index contributed by atoms with van der Waals surface area (Å²) in [4.78, 5) is 2.18. The first kappa shape index (κ1) is 15.1. The van der Waals surface area contributed by atoms with Gasteiger partial charge in [0.1, 0.15) is 23.7 Å². The van der Waals surface area contributed by atoms with Gasteiger partial charge in [-0.05, 0) is 31.9 Å². The molecule has 0 amide bonds. The van der Waals surface area contributed by atoms with E-state index in [0.717, 1.165) is 29.3 Å². The van der Waals surface area contributed by atoms with E-state index in [1.165, 1.54) is 0 Å². The van der Waals surface area contributed by atoms with Crippen LogP contribution in [0.3, 0.4) is 0 Å². The Kier molecular flexibility index (Phi) is 4.18. The molecule has 1 atom stereocenters. The van der Waals surface area contributed by atoms with Gasteiger partial charge >= 0.3 is 0 Å². The van der Waals surface area contributed by atoms with Crippen LogP contribution in [0.1, 0.15) is 23.4 Å². The smallest absolute Gasteiger partial charge is 0.133 e. The second kappa shape index (κ2) is 6.10. The van der Waals surface area contributed by atoms with Gasteiger partial charge in [0.25, 0.3) is 0 Å². The molecule has 1 saturated heterocycles. The molecule has 2 heterocycles. The molecule has 1 fully saturated rings. The number of nitrogens with zero attached hydrogens (tertiary/aromatic N) is 2. The summed E-state index contributed by atoms with van der Waals surface area (Å²) in [7, 11) is 0. The lowest BCUT2D eigenvalue weighted by atomic mass is 10.1. The van der Waals surface area contributed by atoms with Gasteiger partial charge in [-0.1, -0.05) is 23.4 Å². The molecule has 0 unspecified atom stereocenters. The Morgan fingerprint density at radius 3 is 2.91 bits per heavy atom. The summed E-state index contributed by atoms with van der Waals surface area (Å²) in [6, 6.07) is 9.80. The van der Waals surface area contributed by atoms with E-state index in [9.17, 15) is 5.11 Å². The van der Waals surface area contributed by atoms with Gasteiger partial charge in [-0.15, -0.1) is 0 Å². The minimum absolute atomic E-state index is 0.312. The summed E-state index contributed by atoms with van der Waals surface area (Å²) in [5.41, 5.74) is 1.18. The van der Waals surface area contributed by atoms with Crippen molar-refractivity contribution in [2.75, 3.05) is 19.7 Å². The van der Waals surface area contributed by atoms with Crippen LogP contribution in [0.15, 0.2) is 34.9 Å². The Morgan fingerprint density at radius 1 is 1.36 bits per heavy atom. The largest absolute Gasteiger partial charge is 0.490 e. The maximum atomic E-state index is 10.7. The van der Waals surface area contributed by atoms with E-state index >= 15 is 0 Å². The predicted molar refractivity (Wildman–Crippen MR) is 82.8 cm³/mol. The molecule has 1 aromatic heterocycles. The number of aliphatic hydroxyl groups is 1. The minimum atomic E-state index is -0.805. The fourth-order valence-electron chi connectivity index (χ4n) is 2.85. The predicted octanol–water partition coefficient (Wildman–Crippen LogP) is 2.31. The third-order valence-electron chi connectivity index (χ3n) is 4.06. The molecule has 0 saturated carbocycles. The lowest BCUT2D eigenvalue weighted by molar-refractivity contribution is 0.00306. The molecule has 1 aliphatic rings. The van der Waals surface area contributed by atoms with E-state index < -0.39 is 5.60 Å². The number of aromatic nitrogens is 1. The molecule has 5 heteroatoms. The lowest BCUT2D eigenvalue weighted by Crippen LogP contribution is -2.39. The van der Waals surface area contributed by atoms with E-state index in [1.807, 2.05) is 44.2 Å². The van der Waals surface area contributed by atoms with E-state index in [4.69, 9.17) is 9.26 Å². The zero-order valence-electron chi connectivity index (χ0n) is 13.1. The van der Waals surface area contributed by atoms with Crippen molar-refractivity contribution < 1.29 is 14.4 Å². The Balaban J connectivity index is 1.55. The average molecular weight is 302 g/mol. The summed E-state index contributed by atoms with van der Waals surface area (Å²) in [5, 5.41) is 14.7. The Labute approximate surface area is 130 Å². The first-order valence-corrected chi connectivity index (χ1v) is 7.59. The van der Waals surface area contributed by atoms with Crippen molar-refractivity contribution >= 4 is 0 Å². The molecule has 0 radical (unpaired) electrons. The Bertz CT molecular complexity index is 640. The number of hydrogen-bond acceptors (Lipinski definition) is 5. The highest BCUT2D eigenvalue weighted by Crippen LogP contribution is 2.25. The highest BCUT2D eigenvalue weighted by atomic mass is 16.5. The number of para-hydroxylation sites is 1. The van der Waals surface area contributed by atoms with Crippen molar-refractivity contribution in [3.05, 3.63) is 47.3 Å². The van der Waals surface area contributed by atoms with Gasteiger partial charge in [0.2, 0.25) is 0 Å².